The van der Waals surface area contributed by atoms with Crippen LogP contribution < -0.4 is 4.89 Å². The smallest absolute Gasteiger partial charge is 0.500 e. The topological polar surface area (TPSA) is 95.5 Å². The number of phosphoric acid groups is 1. The molecule has 0 aromatic carbocycles. The van der Waals surface area contributed by atoms with E-state index in [2.05, 4.69) is 4.52 Å². The third kappa shape index (κ3) is 10.2. The zero-order valence-corrected chi connectivity index (χ0v) is 17.5. The molecule has 0 aliphatic rings. The second kappa shape index (κ2) is 11.7. The number of rotatable bonds is 15. The van der Waals surface area contributed by atoms with E-state index in [0.29, 0.717) is 17.1 Å². The van der Waals surface area contributed by atoms with Crippen LogP contribution in [0.25, 0.3) is 0 Å². The van der Waals surface area contributed by atoms with Crippen molar-refractivity contribution in [3.05, 3.63) is 0 Å². The van der Waals surface area contributed by atoms with Crippen LogP contribution in [-0.4, -0.2) is 88.7 Å². The van der Waals surface area contributed by atoms with E-state index in [1.54, 1.807) is 21.3 Å². The number of quaternary nitrogens is 1. The van der Waals surface area contributed by atoms with Crippen LogP contribution in [-0.2, 0) is 31.6 Å². The predicted octanol–water partition coefficient (Wildman–Crippen LogP) is 0.479. The molecule has 146 valence electrons. The first-order valence-electron chi connectivity index (χ1n) is 7.72. The average Bonchev–Trinajstić information content (AvgIpc) is 2.51. The van der Waals surface area contributed by atoms with Gasteiger partial charge in [0.2, 0.25) is 0 Å². The van der Waals surface area contributed by atoms with E-state index in [9.17, 15) is 9.46 Å². The zero-order valence-electron chi connectivity index (χ0n) is 15.6. The van der Waals surface area contributed by atoms with Gasteiger partial charge in [0.1, 0.15) is 13.2 Å². The van der Waals surface area contributed by atoms with Gasteiger partial charge in [0.05, 0.1) is 33.9 Å². The van der Waals surface area contributed by atoms with Crippen molar-refractivity contribution in [1.82, 2.24) is 0 Å². The van der Waals surface area contributed by atoms with Gasteiger partial charge in [0.15, 0.2) is 0 Å². The third-order valence-corrected chi connectivity index (χ3v) is 7.49. The summed E-state index contributed by atoms with van der Waals surface area (Å²) in [5, 5.41) is 0. The van der Waals surface area contributed by atoms with E-state index in [-0.39, 0.29) is 19.8 Å². The van der Waals surface area contributed by atoms with Crippen LogP contribution in [0, 0.1) is 0 Å². The van der Waals surface area contributed by atoms with Crippen LogP contribution in [0.5, 0.6) is 0 Å². The van der Waals surface area contributed by atoms with Gasteiger partial charge in [0, 0.05) is 40.9 Å². The lowest BCUT2D eigenvalue weighted by atomic mass is 10.4. The monoisotopic (exact) mass is 389 g/mol. The Morgan fingerprint density at radius 3 is 1.96 bits per heavy atom. The van der Waals surface area contributed by atoms with Crippen LogP contribution in [0.15, 0.2) is 0 Å². The quantitative estimate of drug-likeness (QED) is 0.173. The number of phosphoric ester groups is 1. The Balaban J connectivity index is 4.15. The van der Waals surface area contributed by atoms with Crippen molar-refractivity contribution in [1.29, 1.82) is 0 Å². The molecular formula is C13H32NO8PSi. The molecule has 1 unspecified atom stereocenters. The lowest BCUT2D eigenvalue weighted by molar-refractivity contribution is -0.890. The lowest BCUT2D eigenvalue weighted by Gasteiger charge is -2.32. The molecule has 9 nitrogen and oxygen atoms in total. The minimum absolute atomic E-state index is 0.0483. The molecule has 0 spiro atoms. The summed E-state index contributed by atoms with van der Waals surface area (Å²) in [5.74, 6) is 0. The van der Waals surface area contributed by atoms with Crippen molar-refractivity contribution < 1.29 is 41.0 Å². The van der Waals surface area contributed by atoms with Crippen molar-refractivity contribution in [3.8, 4) is 0 Å². The Kier molecular flexibility index (Phi) is 11.7. The molecule has 0 aromatic heterocycles. The summed E-state index contributed by atoms with van der Waals surface area (Å²) in [5.41, 5.74) is 0. The van der Waals surface area contributed by atoms with Crippen molar-refractivity contribution in [2.75, 3.05) is 75.4 Å². The maximum atomic E-state index is 11.5. The number of hydrogen-bond donors (Lipinski definition) is 0. The molecule has 0 aromatic rings. The summed E-state index contributed by atoms with van der Waals surface area (Å²) in [6.07, 6.45) is 0.827. The van der Waals surface area contributed by atoms with E-state index in [0.717, 1.165) is 13.0 Å². The number of hydrogen-bond acceptors (Lipinski definition) is 8. The fourth-order valence-corrected chi connectivity index (χ4v) is 4.44. The first kappa shape index (κ1) is 24.1. The third-order valence-electron chi connectivity index (χ3n) is 3.66. The van der Waals surface area contributed by atoms with Crippen molar-refractivity contribution >= 4 is 16.6 Å². The van der Waals surface area contributed by atoms with Crippen molar-refractivity contribution in [3.63, 3.8) is 0 Å². The molecule has 0 saturated heterocycles. The molecular weight excluding hydrogens is 357 g/mol. The first-order chi connectivity index (χ1) is 11.2. The molecule has 0 saturated carbocycles. The van der Waals surface area contributed by atoms with Crippen LogP contribution >= 0.6 is 7.82 Å². The van der Waals surface area contributed by atoms with Gasteiger partial charge in [-0.05, 0) is 0 Å². The molecule has 0 radical (unpaired) electrons. The van der Waals surface area contributed by atoms with Gasteiger partial charge in [-0.15, -0.1) is 0 Å². The van der Waals surface area contributed by atoms with E-state index < -0.39 is 16.6 Å². The van der Waals surface area contributed by atoms with Crippen LogP contribution in [0.1, 0.15) is 6.42 Å². The second-order valence-corrected chi connectivity index (χ2v) is 10.4. The molecule has 0 rings (SSSR count). The lowest BCUT2D eigenvalue weighted by Crippen LogP contribution is -2.46. The number of likely N-dealkylation sites (N-methyl/N-ethyl adjacent to an activating group) is 1. The summed E-state index contributed by atoms with van der Waals surface area (Å²) in [7, 11) is 3.39. The largest absolute Gasteiger partial charge is 0.756 e. The molecule has 1 atom stereocenters. The van der Waals surface area contributed by atoms with Crippen molar-refractivity contribution in [2.24, 2.45) is 0 Å². The summed E-state index contributed by atoms with van der Waals surface area (Å²) < 4.78 is 42.5. The minimum Gasteiger partial charge on any atom is -0.756 e. The first-order valence-corrected chi connectivity index (χ1v) is 11.1. The van der Waals surface area contributed by atoms with Gasteiger partial charge >= 0.3 is 8.80 Å². The van der Waals surface area contributed by atoms with Gasteiger partial charge in [-0.25, -0.2) is 0 Å². The van der Waals surface area contributed by atoms with Gasteiger partial charge < -0.3 is 36.4 Å². The van der Waals surface area contributed by atoms with E-state index in [4.69, 9.17) is 22.5 Å². The summed E-state index contributed by atoms with van der Waals surface area (Å²) in [6, 6.07) is 0.694. The summed E-state index contributed by atoms with van der Waals surface area (Å²) in [6.45, 7) is 1.54. The Morgan fingerprint density at radius 1 is 0.917 bits per heavy atom. The van der Waals surface area contributed by atoms with Crippen molar-refractivity contribution in [2.45, 2.75) is 12.5 Å². The van der Waals surface area contributed by atoms with Crippen LogP contribution in [0.2, 0.25) is 6.04 Å². The number of nitrogens with zero attached hydrogens (tertiary/aromatic N) is 1. The van der Waals surface area contributed by atoms with E-state index in [1.165, 1.54) is 7.11 Å². The summed E-state index contributed by atoms with van der Waals surface area (Å²) in [4.78, 5) is 11.5. The molecule has 11 heteroatoms. The second-order valence-electron chi connectivity index (χ2n) is 5.89. The minimum atomic E-state index is -4.27. The molecule has 0 bridgehead atoms. The highest BCUT2D eigenvalue weighted by Crippen LogP contribution is 2.37. The van der Waals surface area contributed by atoms with E-state index in [1.807, 2.05) is 14.1 Å². The molecule has 0 amide bonds. The van der Waals surface area contributed by atoms with Crippen LogP contribution in [0.4, 0.5) is 0 Å². The highest BCUT2D eigenvalue weighted by molar-refractivity contribution is 7.45. The van der Waals surface area contributed by atoms with Crippen LogP contribution in [0.3, 0.4) is 0 Å². The maximum Gasteiger partial charge on any atom is 0.500 e. The fraction of sp³-hybridized carbons (Fsp3) is 1.00. The normalized spacial score (nSPS) is 15.5. The number of methoxy groups -OCH3 is 1. The molecule has 0 fully saturated rings. The van der Waals surface area contributed by atoms with Gasteiger partial charge in [-0.2, -0.15) is 0 Å². The van der Waals surface area contributed by atoms with Gasteiger partial charge in [-0.1, -0.05) is 0 Å². The Bertz CT molecular complexity index is 373. The van der Waals surface area contributed by atoms with Gasteiger partial charge in [0.25, 0.3) is 7.82 Å². The predicted molar refractivity (Wildman–Crippen MR) is 89.4 cm³/mol. The SMILES string of the molecule is COCCOP(=O)([O-])OCC[N+](C)(C)CCC[Si](OC)(OC)OC. The highest BCUT2D eigenvalue weighted by atomic mass is 31.2. The number of ether oxygens (including phenoxy) is 1. The Morgan fingerprint density at radius 2 is 1.46 bits per heavy atom. The Labute approximate surface area is 146 Å². The summed E-state index contributed by atoms with van der Waals surface area (Å²) >= 11 is 0. The average molecular weight is 389 g/mol. The molecule has 0 aliphatic heterocycles. The zero-order chi connectivity index (χ0) is 18.7. The fourth-order valence-electron chi connectivity index (χ4n) is 2.06. The molecule has 0 N–H and O–H groups in total. The molecule has 24 heavy (non-hydrogen) atoms. The standard InChI is InChI=1S/C13H32NO8PSi/c1-14(2,8-7-13-24(18-4,19-5)20-6)9-10-21-23(15,16)22-12-11-17-3/h7-13H2,1-6H3. The highest BCUT2D eigenvalue weighted by Gasteiger charge is 2.37. The molecule has 0 heterocycles. The maximum absolute atomic E-state index is 11.5. The van der Waals surface area contributed by atoms with E-state index >= 15 is 0 Å². The molecule has 0 aliphatic carbocycles. The Hall–Kier alpha value is 0.127. The van der Waals surface area contributed by atoms with Gasteiger partial charge in [-0.3, -0.25) is 4.57 Å².